The van der Waals surface area contributed by atoms with Crippen LogP contribution in [-0.2, 0) is 30.6 Å². The first kappa shape index (κ1) is 24.6. The molecule has 0 saturated heterocycles. The van der Waals surface area contributed by atoms with Gasteiger partial charge in [-0.25, -0.2) is 4.98 Å². The molecule has 1 N–H and O–H groups in total. The first-order valence-electron chi connectivity index (χ1n) is 12.6. The number of benzene rings is 1. The number of aryl methyl sites for hydroxylation is 4. The van der Waals surface area contributed by atoms with Crippen molar-refractivity contribution < 1.29 is 4.79 Å². The number of anilines is 1. The normalized spacial score (nSPS) is 14.4. The zero-order valence-electron chi connectivity index (χ0n) is 21.0. The van der Waals surface area contributed by atoms with E-state index in [1.54, 1.807) is 15.9 Å². The van der Waals surface area contributed by atoms with E-state index in [4.69, 9.17) is 4.98 Å². The number of rotatable bonds is 8. The summed E-state index contributed by atoms with van der Waals surface area (Å²) in [5, 5.41) is 3.86. The molecule has 7 heteroatoms. The number of amides is 1. The van der Waals surface area contributed by atoms with Gasteiger partial charge in [-0.15, -0.1) is 11.3 Å². The van der Waals surface area contributed by atoms with Crippen molar-refractivity contribution >= 4 is 33.1 Å². The Hall–Kier alpha value is -2.51. The Balaban J connectivity index is 1.81. The van der Waals surface area contributed by atoms with Crippen molar-refractivity contribution in [1.29, 1.82) is 0 Å². The molecule has 3 aromatic rings. The molecule has 1 atom stereocenters. The van der Waals surface area contributed by atoms with Crippen molar-refractivity contribution in [3.63, 3.8) is 0 Å². The van der Waals surface area contributed by atoms with Gasteiger partial charge in [-0.1, -0.05) is 39.0 Å². The smallest absolute Gasteiger partial charge is 0.263 e. The van der Waals surface area contributed by atoms with Gasteiger partial charge >= 0.3 is 0 Å². The van der Waals surface area contributed by atoms with Crippen molar-refractivity contribution in [3.8, 4) is 0 Å². The van der Waals surface area contributed by atoms with Gasteiger partial charge in [0.05, 0.1) is 11.9 Å². The highest BCUT2D eigenvalue weighted by Gasteiger charge is 2.27. The molecule has 0 radical (unpaired) electrons. The maximum atomic E-state index is 14.0. The molecule has 1 amide bonds. The van der Waals surface area contributed by atoms with E-state index in [0.717, 1.165) is 77.8 Å². The minimum atomic E-state index is -0.668. The van der Waals surface area contributed by atoms with E-state index < -0.39 is 6.04 Å². The van der Waals surface area contributed by atoms with Crippen LogP contribution in [0.3, 0.4) is 0 Å². The second-order valence-corrected chi connectivity index (χ2v) is 10.3. The zero-order chi connectivity index (χ0) is 24.4. The van der Waals surface area contributed by atoms with Gasteiger partial charge < -0.3 is 5.32 Å². The summed E-state index contributed by atoms with van der Waals surface area (Å²) >= 11 is 1.67. The Morgan fingerprint density at radius 1 is 1.21 bits per heavy atom. The fraction of sp³-hybridized carbons (Fsp3) is 0.519. The van der Waals surface area contributed by atoms with Gasteiger partial charge in [-0.2, -0.15) is 0 Å². The van der Waals surface area contributed by atoms with Crippen molar-refractivity contribution in [2.75, 3.05) is 18.4 Å². The van der Waals surface area contributed by atoms with Gasteiger partial charge in [-0.3, -0.25) is 19.1 Å². The molecule has 182 valence electrons. The summed E-state index contributed by atoms with van der Waals surface area (Å²) in [6, 6.07) is 5.38. The molecule has 2 heterocycles. The number of hydrogen-bond acceptors (Lipinski definition) is 5. The predicted octanol–water partition coefficient (Wildman–Crippen LogP) is 5.25. The van der Waals surface area contributed by atoms with Crippen LogP contribution in [-0.4, -0.2) is 33.4 Å². The van der Waals surface area contributed by atoms with E-state index in [2.05, 4.69) is 31.0 Å². The number of carbonyl (C=O) groups excluding carboxylic acids is 1. The molecule has 0 saturated carbocycles. The number of carbonyl (C=O) groups is 1. The molecule has 1 aromatic carbocycles. The summed E-state index contributed by atoms with van der Waals surface area (Å²) in [6.45, 7) is 12.4. The van der Waals surface area contributed by atoms with E-state index in [-0.39, 0.29) is 11.5 Å². The van der Waals surface area contributed by atoms with Gasteiger partial charge in [0.2, 0.25) is 5.91 Å². The van der Waals surface area contributed by atoms with Crippen molar-refractivity contribution in [2.45, 2.75) is 79.3 Å². The highest BCUT2D eigenvalue weighted by atomic mass is 32.1. The maximum absolute atomic E-state index is 14.0. The number of fused-ring (bicyclic) bond motifs is 3. The molecular formula is C27H36N4O2S. The van der Waals surface area contributed by atoms with E-state index in [9.17, 15) is 9.59 Å². The van der Waals surface area contributed by atoms with Crippen LogP contribution < -0.4 is 10.9 Å². The molecule has 0 spiro atoms. The van der Waals surface area contributed by atoms with Gasteiger partial charge in [0, 0.05) is 10.6 Å². The summed E-state index contributed by atoms with van der Waals surface area (Å²) in [5.41, 5.74) is 4.05. The topological polar surface area (TPSA) is 67.2 Å². The number of hydrogen-bond donors (Lipinski definition) is 1. The predicted molar refractivity (Wildman–Crippen MR) is 141 cm³/mol. The molecule has 0 bridgehead atoms. The van der Waals surface area contributed by atoms with Crippen molar-refractivity contribution in [2.24, 2.45) is 0 Å². The summed E-state index contributed by atoms with van der Waals surface area (Å²) in [6.07, 6.45) is 5.03. The summed E-state index contributed by atoms with van der Waals surface area (Å²) in [4.78, 5) is 36.8. The summed E-state index contributed by atoms with van der Waals surface area (Å²) in [5.74, 6) is 0.486. The average molecular weight is 481 g/mol. The maximum Gasteiger partial charge on any atom is 0.263 e. The third-order valence-corrected chi connectivity index (χ3v) is 8.29. The van der Waals surface area contributed by atoms with Gasteiger partial charge in [0.25, 0.3) is 5.56 Å². The monoisotopic (exact) mass is 480 g/mol. The van der Waals surface area contributed by atoms with Crippen molar-refractivity contribution in [1.82, 2.24) is 14.5 Å². The van der Waals surface area contributed by atoms with E-state index in [0.29, 0.717) is 12.4 Å². The zero-order valence-corrected chi connectivity index (χ0v) is 21.8. The number of para-hydroxylation sites is 1. The second kappa shape index (κ2) is 10.4. The fourth-order valence-electron chi connectivity index (χ4n) is 4.96. The minimum Gasteiger partial charge on any atom is -0.324 e. The third kappa shape index (κ3) is 4.56. The van der Waals surface area contributed by atoms with Crippen LogP contribution in [0.25, 0.3) is 10.2 Å². The van der Waals surface area contributed by atoms with E-state index >= 15 is 0 Å². The Labute approximate surface area is 206 Å². The third-order valence-electron chi connectivity index (χ3n) is 7.11. The molecule has 34 heavy (non-hydrogen) atoms. The molecule has 0 aliphatic heterocycles. The number of thiophene rings is 1. The van der Waals surface area contributed by atoms with Crippen LogP contribution >= 0.6 is 11.3 Å². The standard InChI is InChI=1S/C27H36N4O2S/c1-6-19-13-11-12-17(4)24(19)29-25(32)18(5)31-22(16-30(7-2)8-3)28-26-23(27(31)33)20-14-9-10-15-21(20)34-26/h11-13,18H,6-10,14-16H2,1-5H3,(H,29,32). The molecular weight excluding hydrogens is 444 g/mol. The SMILES string of the molecule is CCc1cccc(C)c1NC(=O)C(C)n1c(CN(CC)CC)nc2sc3c(c2c1=O)CCCC3. The quantitative estimate of drug-likeness (QED) is 0.478. The number of nitrogens with zero attached hydrogens (tertiary/aromatic N) is 3. The van der Waals surface area contributed by atoms with Crippen LogP contribution in [0.4, 0.5) is 5.69 Å². The number of aromatic nitrogens is 2. The first-order valence-corrected chi connectivity index (χ1v) is 13.4. The van der Waals surface area contributed by atoms with Crippen LogP contribution in [0.5, 0.6) is 0 Å². The Kier molecular flexibility index (Phi) is 7.53. The van der Waals surface area contributed by atoms with Gasteiger partial charge in [0.1, 0.15) is 16.7 Å². The second-order valence-electron chi connectivity index (χ2n) is 9.18. The van der Waals surface area contributed by atoms with Gasteiger partial charge in [0.15, 0.2) is 0 Å². The Morgan fingerprint density at radius 3 is 2.65 bits per heavy atom. The summed E-state index contributed by atoms with van der Waals surface area (Å²) < 4.78 is 1.65. The Bertz CT molecular complexity index is 1260. The molecule has 1 unspecified atom stereocenters. The molecule has 0 fully saturated rings. The lowest BCUT2D eigenvalue weighted by Crippen LogP contribution is -2.37. The van der Waals surface area contributed by atoms with E-state index in [1.165, 1.54) is 4.88 Å². The average Bonchev–Trinajstić information content (AvgIpc) is 3.22. The minimum absolute atomic E-state index is 0.0743. The largest absolute Gasteiger partial charge is 0.324 e. The van der Waals surface area contributed by atoms with Crippen LogP contribution in [0, 0.1) is 6.92 Å². The van der Waals surface area contributed by atoms with Crippen molar-refractivity contribution in [3.05, 3.63) is 55.9 Å². The van der Waals surface area contributed by atoms with E-state index in [1.807, 2.05) is 32.0 Å². The summed E-state index contributed by atoms with van der Waals surface area (Å²) in [7, 11) is 0. The first-order chi connectivity index (χ1) is 16.4. The van der Waals surface area contributed by atoms with Gasteiger partial charge in [-0.05, 0) is 75.7 Å². The van der Waals surface area contributed by atoms with Crippen LogP contribution in [0.1, 0.15) is 74.0 Å². The lowest BCUT2D eigenvalue weighted by atomic mass is 9.97. The number of nitrogens with one attached hydrogen (secondary N) is 1. The van der Waals surface area contributed by atoms with Crippen LogP contribution in [0.2, 0.25) is 0 Å². The van der Waals surface area contributed by atoms with Crippen LogP contribution in [0.15, 0.2) is 23.0 Å². The molecule has 2 aromatic heterocycles. The Morgan fingerprint density at radius 2 is 1.94 bits per heavy atom. The molecule has 6 nitrogen and oxygen atoms in total. The lowest BCUT2D eigenvalue weighted by Gasteiger charge is -2.24. The lowest BCUT2D eigenvalue weighted by molar-refractivity contribution is -0.119. The highest BCUT2D eigenvalue weighted by Crippen LogP contribution is 2.34. The fourth-order valence-corrected chi connectivity index (χ4v) is 6.24. The molecule has 1 aliphatic rings. The molecule has 1 aliphatic carbocycles. The molecule has 4 rings (SSSR count). The highest BCUT2D eigenvalue weighted by molar-refractivity contribution is 7.18.